The van der Waals surface area contributed by atoms with Crippen LogP contribution in [0.1, 0.15) is 34.5 Å². The molecule has 0 spiro atoms. The summed E-state index contributed by atoms with van der Waals surface area (Å²) in [5, 5.41) is 7.82. The summed E-state index contributed by atoms with van der Waals surface area (Å²) >= 11 is 0. The molecule has 0 aliphatic rings. The first kappa shape index (κ1) is 22.5. The molecule has 33 heavy (non-hydrogen) atoms. The van der Waals surface area contributed by atoms with Crippen molar-refractivity contribution >= 4 is 11.6 Å². The molecule has 1 N–H and O–H groups in total. The fourth-order valence-corrected chi connectivity index (χ4v) is 4.22. The average Bonchev–Trinajstić information content (AvgIpc) is 3.23. The average molecular weight is 443 g/mol. The first-order valence-corrected chi connectivity index (χ1v) is 11.3. The summed E-state index contributed by atoms with van der Waals surface area (Å²) < 4.78 is 7.35. The number of nitrogens with zero attached hydrogens (tertiary/aromatic N) is 3. The summed E-state index contributed by atoms with van der Waals surface area (Å²) in [5.74, 6) is 0.828. The van der Waals surface area contributed by atoms with E-state index in [1.807, 2.05) is 48.7 Å². The standard InChI is InChI=1S/C27H30N4O2/c1-18-8-7-9-21(16-18)14-15-28-27(32)13-12-22-19(2)29-26-17-24(30-31(26)20(22)3)23-10-5-6-11-25(23)33-4/h5-11,16-17H,12-15H2,1-4H3,(H,28,32). The number of hydrogen-bond donors (Lipinski definition) is 1. The molecule has 0 fully saturated rings. The smallest absolute Gasteiger partial charge is 0.220 e. The van der Waals surface area contributed by atoms with Crippen LogP contribution in [-0.4, -0.2) is 34.2 Å². The Morgan fingerprint density at radius 3 is 2.64 bits per heavy atom. The van der Waals surface area contributed by atoms with Crippen LogP contribution in [0.2, 0.25) is 0 Å². The zero-order valence-corrected chi connectivity index (χ0v) is 19.7. The molecule has 6 nitrogen and oxygen atoms in total. The van der Waals surface area contributed by atoms with Gasteiger partial charge in [0, 0.05) is 36.0 Å². The number of aromatic nitrogens is 3. The molecule has 0 aliphatic carbocycles. The van der Waals surface area contributed by atoms with Crippen LogP contribution in [0, 0.1) is 20.8 Å². The Hall–Kier alpha value is -3.67. The summed E-state index contributed by atoms with van der Waals surface area (Å²) in [6, 6.07) is 18.2. The van der Waals surface area contributed by atoms with Crippen molar-refractivity contribution in [2.75, 3.05) is 13.7 Å². The zero-order chi connectivity index (χ0) is 23.4. The second-order valence-corrected chi connectivity index (χ2v) is 8.35. The Morgan fingerprint density at radius 1 is 1.03 bits per heavy atom. The third-order valence-corrected chi connectivity index (χ3v) is 5.97. The molecule has 0 unspecified atom stereocenters. The lowest BCUT2D eigenvalue weighted by molar-refractivity contribution is -0.121. The first-order chi connectivity index (χ1) is 16.0. The van der Waals surface area contributed by atoms with E-state index in [0.717, 1.165) is 46.0 Å². The van der Waals surface area contributed by atoms with E-state index in [2.05, 4.69) is 36.5 Å². The Morgan fingerprint density at radius 2 is 1.85 bits per heavy atom. The number of para-hydroxylation sites is 1. The maximum atomic E-state index is 12.5. The molecule has 0 aliphatic heterocycles. The molecule has 4 aromatic rings. The van der Waals surface area contributed by atoms with Crippen LogP contribution in [0.15, 0.2) is 54.6 Å². The number of carbonyl (C=O) groups is 1. The van der Waals surface area contributed by atoms with Crippen molar-refractivity contribution in [1.82, 2.24) is 19.9 Å². The minimum atomic E-state index is 0.0525. The highest BCUT2D eigenvalue weighted by atomic mass is 16.5. The number of aryl methyl sites for hydroxylation is 3. The van der Waals surface area contributed by atoms with Gasteiger partial charge in [0.25, 0.3) is 0 Å². The van der Waals surface area contributed by atoms with Crippen LogP contribution in [0.25, 0.3) is 16.9 Å². The molecule has 2 heterocycles. The molecule has 0 atom stereocenters. The first-order valence-electron chi connectivity index (χ1n) is 11.3. The highest BCUT2D eigenvalue weighted by Gasteiger charge is 2.16. The number of carbonyl (C=O) groups excluding carboxylic acids is 1. The fourth-order valence-electron chi connectivity index (χ4n) is 4.22. The number of hydrogen-bond acceptors (Lipinski definition) is 4. The second-order valence-electron chi connectivity index (χ2n) is 8.35. The molecule has 4 rings (SSSR count). The summed E-state index contributed by atoms with van der Waals surface area (Å²) in [5.41, 5.74) is 8.00. The van der Waals surface area contributed by atoms with E-state index >= 15 is 0 Å². The van der Waals surface area contributed by atoms with Crippen LogP contribution >= 0.6 is 0 Å². The molecule has 0 saturated heterocycles. The van der Waals surface area contributed by atoms with Crippen molar-refractivity contribution < 1.29 is 9.53 Å². The predicted octanol–water partition coefficient (Wildman–Crippen LogP) is 4.62. The Labute approximate surface area is 194 Å². The zero-order valence-electron chi connectivity index (χ0n) is 19.7. The monoisotopic (exact) mass is 442 g/mol. The Kier molecular flexibility index (Phi) is 6.73. The van der Waals surface area contributed by atoms with Gasteiger partial charge in [-0.2, -0.15) is 5.10 Å². The maximum absolute atomic E-state index is 12.5. The lowest BCUT2D eigenvalue weighted by atomic mass is 10.1. The topological polar surface area (TPSA) is 68.5 Å². The molecular weight excluding hydrogens is 412 g/mol. The van der Waals surface area contributed by atoms with E-state index in [4.69, 9.17) is 14.8 Å². The third-order valence-electron chi connectivity index (χ3n) is 5.97. The van der Waals surface area contributed by atoms with Crippen molar-refractivity contribution in [2.45, 2.75) is 40.0 Å². The molecular formula is C27H30N4O2. The van der Waals surface area contributed by atoms with Gasteiger partial charge in [-0.05, 0) is 56.9 Å². The molecule has 0 radical (unpaired) electrons. The largest absolute Gasteiger partial charge is 0.496 e. The van der Waals surface area contributed by atoms with Gasteiger partial charge in [-0.1, -0.05) is 42.0 Å². The minimum Gasteiger partial charge on any atom is -0.496 e. The molecule has 2 aromatic carbocycles. The third kappa shape index (κ3) is 5.06. The van der Waals surface area contributed by atoms with Crippen molar-refractivity contribution in [3.63, 3.8) is 0 Å². The van der Waals surface area contributed by atoms with Crippen molar-refractivity contribution in [2.24, 2.45) is 0 Å². The van der Waals surface area contributed by atoms with Crippen LogP contribution in [0.5, 0.6) is 5.75 Å². The maximum Gasteiger partial charge on any atom is 0.220 e. The van der Waals surface area contributed by atoms with E-state index in [1.54, 1.807) is 7.11 Å². The van der Waals surface area contributed by atoms with Crippen molar-refractivity contribution in [3.8, 4) is 17.0 Å². The number of amides is 1. The van der Waals surface area contributed by atoms with Gasteiger partial charge in [0.15, 0.2) is 5.65 Å². The Bertz CT molecular complexity index is 1290. The summed E-state index contributed by atoms with van der Waals surface area (Å²) in [6.07, 6.45) is 1.88. The molecule has 170 valence electrons. The normalized spacial score (nSPS) is 11.0. The predicted molar refractivity (Wildman–Crippen MR) is 131 cm³/mol. The van der Waals surface area contributed by atoms with Crippen LogP contribution in [0.4, 0.5) is 0 Å². The van der Waals surface area contributed by atoms with Gasteiger partial charge in [0.1, 0.15) is 5.75 Å². The van der Waals surface area contributed by atoms with Gasteiger partial charge < -0.3 is 10.1 Å². The number of fused-ring (bicyclic) bond motifs is 1. The van der Waals surface area contributed by atoms with Gasteiger partial charge in [0.2, 0.25) is 5.91 Å². The van der Waals surface area contributed by atoms with Crippen LogP contribution in [0.3, 0.4) is 0 Å². The van der Waals surface area contributed by atoms with Crippen molar-refractivity contribution in [3.05, 3.63) is 82.7 Å². The number of benzene rings is 2. The molecule has 0 saturated carbocycles. The SMILES string of the molecule is COc1ccccc1-c1cc2nc(C)c(CCC(=O)NCCc3cccc(C)c3)c(C)n2n1. The highest BCUT2D eigenvalue weighted by molar-refractivity contribution is 5.76. The van der Waals surface area contributed by atoms with E-state index in [-0.39, 0.29) is 5.91 Å². The van der Waals surface area contributed by atoms with Gasteiger partial charge in [-0.25, -0.2) is 9.50 Å². The highest BCUT2D eigenvalue weighted by Crippen LogP contribution is 2.30. The van der Waals surface area contributed by atoms with Gasteiger partial charge in [0.05, 0.1) is 12.8 Å². The summed E-state index contributed by atoms with van der Waals surface area (Å²) in [7, 11) is 1.66. The van der Waals surface area contributed by atoms with E-state index in [1.165, 1.54) is 11.1 Å². The van der Waals surface area contributed by atoms with Crippen molar-refractivity contribution in [1.29, 1.82) is 0 Å². The summed E-state index contributed by atoms with van der Waals surface area (Å²) in [4.78, 5) is 17.2. The van der Waals surface area contributed by atoms with Gasteiger partial charge in [-0.15, -0.1) is 0 Å². The van der Waals surface area contributed by atoms with Gasteiger partial charge in [-0.3, -0.25) is 4.79 Å². The molecule has 0 bridgehead atoms. The van der Waals surface area contributed by atoms with E-state index in [9.17, 15) is 4.79 Å². The lowest BCUT2D eigenvalue weighted by Crippen LogP contribution is -2.26. The fraction of sp³-hybridized carbons (Fsp3) is 0.296. The Balaban J connectivity index is 1.45. The molecule has 2 aromatic heterocycles. The summed E-state index contributed by atoms with van der Waals surface area (Å²) in [6.45, 7) is 6.74. The number of ether oxygens (including phenoxy) is 1. The molecule has 6 heteroatoms. The number of methoxy groups -OCH3 is 1. The van der Waals surface area contributed by atoms with Crippen LogP contribution < -0.4 is 10.1 Å². The number of rotatable bonds is 8. The lowest BCUT2D eigenvalue weighted by Gasteiger charge is -2.11. The molecule has 1 amide bonds. The van der Waals surface area contributed by atoms with E-state index in [0.29, 0.717) is 19.4 Å². The van der Waals surface area contributed by atoms with Crippen LogP contribution in [-0.2, 0) is 17.6 Å². The minimum absolute atomic E-state index is 0.0525. The van der Waals surface area contributed by atoms with E-state index < -0.39 is 0 Å². The quantitative estimate of drug-likeness (QED) is 0.432. The van der Waals surface area contributed by atoms with Gasteiger partial charge >= 0.3 is 0 Å². The second kappa shape index (κ2) is 9.86. The number of nitrogens with one attached hydrogen (secondary N) is 1.